The van der Waals surface area contributed by atoms with E-state index in [2.05, 4.69) is 5.32 Å². The molecule has 2 amide bonds. The van der Waals surface area contributed by atoms with Gasteiger partial charge in [0.05, 0.1) is 6.26 Å². The van der Waals surface area contributed by atoms with E-state index in [0.717, 1.165) is 0 Å². The Morgan fingerprint density at radius 2 is 2.11 bits per heavy atom. The SMILES string of the molecule is CCN(C)C(=O)C(NC(=O)c1ccco1)C(C)C. The van der Waals surface area contributed by atoms with Crippen molar-refractivity contribution in [2.75, 3.05) is 13.6 Å². The molecular weight excluding hydrogens is 232 g/mol. The number of hydrogen-bond acceptors (Lipinski definition) is 3. The quantitative estimate of drug-likeness (QED) is 0.864. The first kappa shape index (κ1) is 14.3. The van der Waals surface area contributed by atoms with Gasteiger partial charge in [0, 0.05) is 13.6 Å². The average Bonchev–Trinajstić information content (AvgIpc) is 2.87. The first-order valence-electron chi connectivity index (χ1n) is 6.06. The summed E-state index contributed by atoms with van der Waals surface area (Å²) in [4.78, 5) is 25.6. The Kier molecular flexibility index (Phi) is 4.95. The summed E-state index contributed by atoms with van der Waals surface area (Å²) in [6.45, 7) is 6.30. The van der Waals surface area contributed by atoms with Crippen LogP contribution < -0.4 is 5.32 Å². The van der Waals surface area contributed by atoms with Gasteiger partial charge in [-0.3, -0.25) is 9.59 Å². The molecule has 1 N–H and O–H groups in total. The zero-order valence-corrected chi connectivity index (χ0v) is 11.3. The molecule has 0 bridgehead atoms. The van der Waals surface area contributed by atoms with Crippen molar-refractivity contribution >= 4 is 11.8 Å². The molecule has 0 saturated heterocycles. The smallest absolute Gasteiger partial charge is 0.287 e. The van der Waals surface area contributed by atoms with Gasteiger partial charge in [-0.25, -0.2) is 0 Å². The third-order valence-electron chi connectivity index (χ3n) is 2.81. The summed E-state index contributed by atoms with van der Waals surface area (Å²) in [6.07, 6.45) is 1.43. The van der Waals surface area contributed by atoms with Crippen molar-refractivity contribution in [3.63, 3.8) is 0 Å². The van der Waals surface area contributed by atoms with Crippen LogP contribution in [0.3, 0.4) is 0 Å². The molecular formula is C13H20N2O3. The number of carbonyl (C=O) groups is 2. The van der Waals surface area contributed by atoms with E-state index in [1.165, 1.54) is 6.26 Å². The minimum atomic E-state index is -0.535. The first-order chi connectivity index (χ1) is 8.47. The highest BCUT2D eigenvalue weighted by molar-refractivity contribution is 5.95. The van der Waals surface area contributed by atoms with Crippen molar-refractivity contribution in [3.8, 4) is 0 Å². The van der Waals surface area contributed by atoms with Gasteiger partial charge in [0.1, 0.15) is 6.04 Å². The van der Waals surface area contributed by atoms with E-state index < -0.39 is 6.04 Å². The van der Waals surface area contributed by atoms with Crippen molar-refractivity contribution in [2.24, 2.45) is 5.92 Å². The van der Waals surface area contributed by atoms with Crippen LogP contribution in [0.2, 0.25) is 0 Å². The number of likely N-dealkylation sites (N-methyl/N-ethyl adjacent to an activating group) is 1. The van der Waals surface area contributed by atoms with Crippen LogP contribution in [-0.2, 0) is 4.79 Å². The normalized spacial score (nSPS) is 12.3. The highest BCUT2D eigenvalue weighted by Gasteiger charge is 2.27. The molecule has 0 aromatic carbocycles. The number of amides is 2. The fourth-order valence-corrected chi connectivity index (χ4v) is 1.53. The summed E-state index contributed by atoms with van der Waals surface area (Å²) in [5.74, 6) is -0.220. The number of furan rings is 1. The summed E-state index contributed by atoms with van der Waals surface area (Å²) in [5, 5.41) is 2.71. The summed E-state index contributed by atoms with van der Waals surface area (Å²) in [6, 6.07) is 2.67. The lowest BCUT2D eigenvalue weighted by molar-refractivity contribution is -0.132. The molecule has 1 aromatic rings. The van der Waals surface area contributed by atoms with E-state index in [1.54, 1.807) is 24.1 Å². The number of rotatable bonds is 5. The van der Waals surface area contributed by atoms with Crippen molar-refractivity contribution in [2.45, 2.75) is 26.8 Å². The van der Waals surface area contributed by atoms with Crippen molar-refractivity contribution in [1.29, 1.82) is 0 Å². The van der Waals surface area contributed by atoms with Gasteiger partial charge in [-0.1, -0.05) is 13.8 Å². The molecule has 100 valence electrons. The zero-order valence-electron chi connectivity index (χ0n) is 11.3. The van der Waals surface area contributed by atoms with E-state index in [4.69, 9.17) is 4.42 Å². The zero-order chi connectivity index (χ0) is 13.7. The number of nitrogens with zero attached hydrogens (tertiary/aromatic N) is 1. The molecule has 0 saturated carbocycles. The minimum Gasteiger partial charge on any atom is -0.459 e. The molecule has 1 heterocycles. The fraction of sp³-hybridized carbons (Fsp3) is 0.538. The predicted molar refractivity (Wildman–Crippen MR) is 68.1 cm³/mol. The van der Waals surface area contributed by atoms with Crippen LogP contribution in [0.15, 0.2) is 22.8 Å². The van der Waals surface area contributed by atoms with Gasteiger partial charge in [-0.05, 0) is 25.0 Å². The molecule has 1 aromatic heterocycles. The van der Waals surface area contributed by atoms with Gasteiger partial charge >= 0.3 is 0 Å². The molecule has 0 aliphatic heterocycles. The Morgan fingerprint density at radius 1 is 1.44 bits per heavy atom. The molecule has 1 rings (SSSR count). The first-order valence-corrected chi connectivity index (χ1v) is 6.06. The van der Waals surface area contributed by atoms with Crippen LogP contribution in [0.4, 0.5) is 0 Å². The Hall–Kier alpha value is -1.78. The van der Waals surface area contributed by atoms with Crippen LogP contribution >= 0.6 is 0 Å². The van der Waals surface area contributed by atoms with Gasteiger partial charge < -0.3 is 14.6 Å². The van der Waals surface area contributed by atoms with Gasteiger partial charge in [0.25, 0.3) is 5.91 Å². The Labute approximate surface area is 107 Å². The number of hydrogen-bond donors (Lipinski definition) is 1. The lowest BCUT2D eigenvalue weighted by Crippen LogP contribution is -2.50. The molecule has 0 aliphatic carbocycles. The van der Waals surface area contributed by atoms with Crippen molar-refractivity contribution in [3.05, 3.63) is 24.2 Å². The van der Waals surface area contributed by atoms with Gasteiger partial charge in [-0.15, -0.1) is 0 Å². The Balaban J connectivity index is 2.75. The standard InChI is InChI=1S/C13H20N2O3/c1-5-15(4)13(17)11(9(2)3)14-12(16)10-7-6-8-18-10/h6-9,11H,5H2,1-4H3,(H,14,16). The Morgan fingerprint density at radius 3 is 2.56 bits per heavy atom. The topological polar surface area (TPSA) is 62.6 Å². The summed E-state index contributed by atoms with van der Waals surface area (Å²) in [5.41, 5.74) is 0. The van der Waals surface area contributed by atoms with Gasteiger partial charge in [-0.2, -0.15) is 0 Å². The summed E-state index contributed by atoms with van der Waals surface area (Å²) >= 11 is 0. The van der Waals surface area contributed by atoms with Crippen molar-refractivity contribution < 1.29 is 14.0 Å². The van der Waals surface area contributed by atoms with Crippen LogP contribution in [0.25, 0.3) is 0 Å². The van der Waals surface area contributed by atoms with Crippen LogP contribution in [0.5, 0.6) is 0 Å². The van der Waals surface area contributed by atoms with E-state index in [0.29, 0.717) is 6.54 Å². The van der Waals surface area contributed by atoms with E-state index in [1.807, 2.05) is 20.8 Å². The molecule has 0 aliphatic rings. The molecule has 1 atom stereocenters. The van der Waals surface area contributed by atoms with Crippen LogP contribution in [0.1, 0.15) is 31.3 Å². The highest BCUT2D eigenvalue weighted by atomic mass is 16.3. The monoisotopic (exact) mass is 252 g/mol. The second-order valence-electron chi connectivity index (χ2n) is 4.52. The second kappa shape index (κ2) is 6.23. The second-order valence-corrected chi connectivity index (χ2v) is 4.52. The molecule has 5 nitrogen and oxygen atoms in total. The maximum atomic E-state index is 12.1. The third kappa shape index (κ3) is 3.35. The minimum absolute atomic E-state index is 0.0189. The van der Waals surface area contributed by atoms with E-state index in [-0.39, 0.29) is 23.5 Å². The molecule has 1 unspecified atom stereocenters. The van der Waals surface area contributed by atoms with Crippen LogP contribution in [-0.4, -0.2) is 36.3 Å². The lowest BCUT2D eigenvalue weighted by Gasteiger charge is -2.25. The third-order valence-corrected chi connectivity index (χ3v) is 2.81. The fourth-order valence-electron chi connectivity index (χ4n) is 1.53. The Bertz CT molecular complexity index is 398. The molecule has 0 spiro atoms. The molecule has 18 heavy (non-hydrogen) atoms. The maximum Gasteiger partial charge on any atom is 0.287 e. The van der Waals surface area contributed by atoms with Crippen LogP contribution in [0, 0.1) is 5.92 Å². The summed E-state index contributed by atoms with van der Waals surface area (Å²) < 4.78 is 5.01. The highest BCUT2D eigenvalue weighted by Crippen LogP contribution is 2.08. The lowest BCUT2D eigenvalue weighted by atomic mass is 10.0. The number of nitrogens with one attached hydrogen (secondary N) is 1. The number of carbonyl (C=O) groups excluding carboxylic acids is 2. The van der Waals surface area contributed by atoms with Gasteiger partial charge in [0.2, 0.25) is 5.91 Å². The maximum absolute atomic E-state index is 12.1. The molecule has 5 heteroatoms. The van der Waals surface area contributed by atoms with E-state index >= 15 is 0 Å². The van der Waals surface area contributed by atoms with Gasteiger partial charge in [0.15, 0.2) is 5.76 Å². The summed E-state index contributed by atoms with van der Waals surface area (Å²) in [7, 11) is 1.72. The largest absolute Gasteiger partial charge is 0.459 e. The van der Waals surface area contributed by atoms with Crippen molar-refractivity contribution in [1.82, 2.24) is 10.2 Å². The van der Waals surface area contributed by atoms with E-state index in [9.17, 15) is 9.59 Å². The molecule has 0 radical (unpaired) electrons. The predicted octanol–water partition coefficient (Wildman–Crippen LogP) is 1.51. The average molecular weight is 252 g/mol. The molecule has 0 fully saturated rings.